The molecule has 122 valence electrons. The molecule has 5 heteroatoms. The van der Waals surface area contributed by atoms with Crippen LogP contribution in [0.2, 0.25) is 0 Å². The number of rotatable bonds is 8. The second-order valence-corrected chi connectivity index (χ2v) is 7.68. The molecule has 1 fully saturated rings. The highest BCUT2D eigenvalue weighted by Crippen LogP contribution is 2.13. The van der Waals surface area contributed by atoms with Crippen molar-refractivity contribution in [2.24, 2.45) is 0 Å². The predicted molar refractivity (Wildman–Crippen MR) is 88.3 cm³/mol. The van der Waals surface area contributed by atoms with E-state index in [-0.39, 0.29) is 17.8 Å². The van der Waals surface area contributed by atoms with Gasteiger partial charge in [0.25, 0.3) is 0 Å². The van der Waals surface area contributed by atoms with Crippen LogP contribution in [0.5, 0.6) is 0 Å². The van der Waals surface area contributed by atoms with Crippen molar-refractivity contribution in [1.82, 2.24) is 0 Å². The first-order valence-electron chi connectivity index (χ1n) is 7.81. The SMILES string of the molecule is O=S(=O)(CC=Cc1ccccc1)CCCOC1CCCCO1. The van der Waals surface area contributed by atoms with Gasteiger partial charge in [0.2, 0.25) is 0 Å². The van der Waals surface area contributed by atoms with Crippen LogP contribution in [0.1, 0.15) is 31.2 Å². The van der Waals surface area contributed by atoms with Crippen LogP contribution in [0.15, 0.2) is 36.4 Å². The average Bonchev–Trinajstić information content (AvgIpc) is 2.53. The first kappa shape index (κ1) is 17.2. The van der Waals surface area contributed by atoms with Gasteiger partial charge in [0.15, 0.2) is 16.1 Å². The molecule has 0 radical (unpaired) electrons. The Morgan fingerprint density at radius 1 is 1.23 bits per heavy atom. The van der Waals surface area contributed by atoms with Gasteiger partial charge in [0.1, 0.15) is 0 Å². The Morgan fingerprint density at radius 2 is 2.05 bits per heavy atom. The van der Waals surface area contributed by atoms with E-state index >= 15 is 0 Å². The van der Waals surface area contributed by atoms with Crippen molar-refractivity contribution >= 4 is 15.9 Å². The van der Waals surface area contributed by atoms with E-state index in [0.29, 0.717) is 13.0 Å². The second-order valence-electron chi connectivity index (χ2n) is 5.45. The van der Waals surface area contributed by atoms with E-state index < -0.39 is 9.84 Å². The molecule has 1 aliphatic rings. The van der Waals surface area contributed by atoms with Gasteiger partial charge in [-0.05, 0) is 31.2 Å². The highest BCUT2D eigenvalue weighted by Gasteiger charge is 2.14. The first-order valence-corrected chi connectivity index (χ1v) is 9.63. The third-order valence-electron chi connectivity index (χ3n) is 3.50. The van der Waals surface area contributed by atoms with E-state index in [1.54, 1.807) is 6.08 Å². The lowest BCUT2D eigenvalue weighted by Gasteiger charge is -2.22. The highest BCUT2D eigenvalue weighted by atomic mass is 32.2. The predicted octanol–water partition coefficient (Wildman–Crippen LogP) is 3.05. The third kappa shape index (κ3) is 6.73. The Bertz CT molecular complexity index is 545. The Morgan fingerprint density at radius 3 is 2.77 bits per heavy atom. The Balaban J connectivity index is 1.64. The molecule has 1 aliphatic heterocycles. The lowest BCUT2D eigenvalue weighted by molar-refractivity contribution is -0.162. The quantitative estimate of drug-likeness (QED) is 0.690. The summed E-state index contributed by atoms with van der Waals surface area (Å²) in [4.78, 5) is 0. The Hall–Kier alpha value is -1.17. The van der Waals surface area contributed by atoms with E-state index in [2.05, 4.69) is 0 Å². The minimum absolute atomic E-state index is 0.0713. The van der Waals surface area contributed by atoms with Crippen molar-refractivity contribution in [1.29, 1.82) is 0 Å². The van der Waals surface area contributed by atoms with E-state index in [1.807, 2.05) is 36.4 Å². The fourth-order valence-electron chi connectivity index (χ4n) is 2.31. The molecule has 0 aromatic heterocycles. The van der Waals surface area contributed by atoms with Gasteiger partial charge in [-0.15, -0.1) is 0 Å². The highest BCUT2D eigenvalue weighted by molar-refractivity contribution is 7.91. The van der Waals surface area contributed by atoms with Gasteiger partial charge in [-0.2, -0.15) is 0 Å². The van der Waals surface area contributed by atoms with Gasteiger partial charge in [-0.1, -0.05) is 42.5 Å². The Kier molecular flexibility index (Phi) is 7.09. The van der Waals surface area contributed by atoms with Crippen LogP contribution in [-0.4, -0.2) is 39.4 Å². The number of ether oxygens (including phenoxy) is 2. The molecular formula is C17H24O4S. The molecule has 0 saturated carbocycles. The average molecular weight is 324 g/mol. The summed E-state index contributed by atoms with van der Waals surface area (Å²) in [7, 11) is -3.06. The smallest absolute Gasteiger partial charge is 0.157 e. The monoisotopic (exact) mass is 324 g/mol. The lowest BCUT2D eigenvalue weighted by atomic mass is 10.2. The maximum absolute atomic E-state index is 11.9. The van der Waals surface area contributed by atoms with E-state index in [4.69, 9.17) is 9.47 Å². The van der Waals surface area contributed by atoms with Crippen LogP contribution in [0, 0.1) is 0 Å². The van der Waals surface area contributed by atoms with E-state index in [1.165, 1.54) is 0 Å². The molecule has 0 spiro atoms. The van der Waals surface area contributed by atoms with E-state index in [9.17, 15) is 8.42 Å². The number of hydrogen-bond donors (Lipinski definition) is 0. The lowest BCUT2D eigenvalue weighted by Crippen LogP contribution is -2.23. The zero-order chi connectivity index (χ0) is 15.7. The summed E-state index contributed by atoms with van der Waals surface area (Å²) in [5.74, 6) is 0.223. The van der Waals surface area contributed by atoms with Crippen LogP contribution < -0.4 is 0 Å². The standard InChI is InChI=1S/C17H24O4S/c18-22(19,14-6-10-16-8-2-1-3-9-16)15-7-13-21-17-11-4-5-12-20-17/h1-3,6,8-10,17H,4-5,7,11-15H2. The molecule has 0 amide bonds. The molecule has 2 rings (SSSR count). The maximum atomic E-state index is 11.9. The van der Waals surface area contributed by atoms with Gasteiger partial charge >= 0.3 is 0 Å². The summed E-state index contributed by atoms with van der Waals surface area (Å²) < 4.78 is 34.9. The summed E-state index contributed by atoms with van der Waals surface area (Å²) in [6.07, 6.45) is 7.03. The minimum Gasteiger partial charge on any atom is -0.353 e. The first-order chi connectivity index (χ1) is 10.7. The molecular weight excluding hydrogens is 300 g/mol. The maximum Gasteiger partial charge on any atom is 0.157 e. The second kappa shape index (κ2) is 9.08. The number of hydrogen-bond acceptors (Lipinski definition) is 4. The largest absolute Gasteiger partial charge is 0.353 e. The number of benzene rings is 1. The van der Waals surface area contributed by atoms with Gasteiger partial charge in [0.05, 0.1) is 18.1 Å². The van der Waals surface area contributed by atoms with Crippen LogP contribution in [0.3, 0.4) is 0 Å². The molecule has 0 bridgehead atoms. The van der Waals surface area contributed by atoms with Gasteiger partial charge in [0, 0.05) is 6.61 Å². The van der Waals surface area contributed by atoms with Gasteiger partial charge < -0.3 is 9.47 Å². The molecule has 1 heterocycles. The normalized spacial score (nSPS) is 19.5. The Labute approximate surface area is 133 Å². The van der Waals surface area contributed by atoms with Crippen molar-refractivity contribution < 1.29 is 17.9 Å². The number of sulfone groups is 1. The topological polar surface area (TPSA) is 52.6 Å². The molecule has 1 unspecified atom stereocenters. The van der Waals surface area contributed by atoms with Crippen molar-refractivity contribution in [3.8, 4) is 0 Å². The molecule has 1 aromatic rings. The zero-order valence-electron chi connectivity index (χ0n) is 12.8. The summed E-state index contributed by atoms with van der Waals surface area (Å²) in [5.41, 5.74) is 1.01. The third-order valence-corrected chi connectivity index (χ3v) is 5.11. The summed E-state index contributed by atoms with van der Waals surface area (Å²) in [6.45, 7) is 1.18. The van der Waals surface area contributed by atoms with Crippen LogP contribution >= 0.6 is 0 Å². The zero-order valence-corrected chi connectivity index (χ0v) is 13.6. The summed E-state index contributed by atoms with van der Waals surface area (Å²) in [5, 5.41) is 0. The van der Waals surface area contributed by atoms with Crippen LogP contribution in [0.4, 0.5) is 0 Å². The van der Waals surface area contributed by atoms with Crippen LogP contribution in [0.25, 0.3) is 6.08 Å². The van der Waals surface area contributed by atoms with Gasteiger partial charge in [-0.3, -0.25) is 0 Å². The molecule has 0 N–H and O–H groups in total. The molecule has 4 nitrogen and oxygen atoms in total. The van der Waals surface area contributed by atoms with E-state index in [0.717, 1.165) is 31.4 Å². The van der Waals surface area contributed by atoms with Crippen molar-refractivity contribution in [2.75, 3.05) is 24.7 Å². The van der Waals surface area contributed by atoms with Crippen molar-refractivity contribution in [2.45, 2.75) is 32.0 Å². The molecule has 0 aliphatic carbocycles. The molecule has 1 saturated heterocycles. The fraction of sp³-hybridized carbons (Fsp3) is 0.529. The molecule has 1 atom stereocenters. The fourth-order valence-corrected chi connectivity index (χ4v) is 3.43. The van der Waals surface area contributed by atoms with Crippen LogP contribution in [-0.2, 0) is 19.3 Å². The van der Waals surface area contributed by atoms with Crippen molar-refractivity contribution in [3.63, 3.8) is 0 Å². The molecule has 1 aromatic carbocycles. The van der Waals surface area contributed by atoms with Gasteiger partial charge in [-0.25, -0.2) is 8.42 Å². The van der Waals surface area contributed by atoms with Crippen molar-refractivity contribution in [3.05, 3.63) is 42.0 Å². The summed E-state index contributed by atoms with van der Waals surface area (Å²) in [6, 6.07) is 9.68. The summed E-state index contributed by atoms with van der Waals surface area (Å²) >= 11 is 0. The molecule has 22 heavy (non-hydrogen) atoms. The minimum atomic E-state index is -3.06.